The van der Waals surface area contributed by atoms with E-state index >= 15 is 0 Å². The normalized spacial score (nSPS) is 11.0. The van der Waals surface area contributed by atoms with Crippen LogP contribution in [0.4, 0.5) is 0 Å². The second-order valence-corrected chi connectivity index (χ2v) is 6.16. The van der Waals surface area contributed by atoms with Crippen molar-refractivity contribution in [1.29, 1.82) is 0 Å². The van der Waals surface area contributed by atoms with Crippen LogP contribution in [0, 0.1) is 0 Å². The average molecular weight is 382 g/mol. The Kier molecular flexibility index (Phi) is 8.72. The first kappa shape index (κ1) is 21.2. The molecule has 0 aliphatic rings. The quantitative estimate of drug-likeness (QED) is 0.383. The number of nitrogens with zero attached hydrogens (tertiary/aromatic N) is 1. The first-order valence-electron chi connectivity index (χ1n) is 9.44. The third-order valence-electron chi connectivity index (χ3n) is 3.81. The van der Waals surface area contributed by atoms with Gasteiger partial charge in [-0.1, -0.05) is 50.6 Å². The molecule has 0 atom stereocenters. The van der Waals surface area contributed by atoms with Crippen molar-refractivity contribution in [2.75, 3.05) is 13.2 Å². The van der Waals surface area contributed by atoms with Crippen molar-refractivity contribution in [3.8, 4) is 5.75 Å². The fourth-order valence-corrected chi connectivity index (χ4v) is 2.41. The molecule has 0 aliphatic carbocycles. The van der Waals surface area contributed by atoms with Crippen LogP contribution in [-0.2, 0) is 9.53 Å². The van der Waals surface area contributed by atoms with E-state index in [1.54, 1.807) is 24.3 Å². The fourth-order valence-electron chi connectivity index (χ4n) is 2.41. The second kappa shape index (κ2) is 11.5. The molecule has 148 valence electrons. The lowest BCUT2D eigenvalue weighted by Gasteiger charge is -2.08. The van der Waals surface area contributed by atoms with Crippen LogP contribution >= 0.6 is 0 Å². The Labute approximate surface area is 165 Å². The van der Waals surface area contributed by atoms with Crippen molar-refractivity contribution in [2.24, 2.45) is 5.10 Å². The summed E-state index contributed by atoms with van der Waals surface area (Å²) >= 11 is 0. The standard InChI is InChI=1S/C22H26N2O4/c1-3-8-20(17-9-6-5-7-10-17)23-24-21(25)16-28-19-13-11-18(12-14-19)22(26)27-15-4-2/h5-7,9-14H,3-4,8,15-16H2,1-2H3,(H,24,25)/b23-20+. The molecule has 6 nitrogen and oxygen atoms in total. The molecule has 0 bridgehead atoms. The summed E-state index contributed by atoms with van der Waals surface area (Å²) in [5, 5.41) is 4.24. The number of benzene rings is 2. The van der Waals surface area contributed by atoms with Gasteiger partial charge < -0.3 is 9.47 Å². The van der Waals surface area contributed by atoms with E-state index in [0.29, 0.717) is 17.9 Å². The van der Waals surface area contributed by atoms with Crippen molar-refractivity contribution < 1.29 is 19.1 Å². The largest absolute Gasteiger partial charge is 0.484 e. The molecule has 0 radical (unpaired) electrons. The van der Waals surface area contributed by atoms with Crippen LogP contribution in [0.5, 0.6) is 5.75 Å². The van der Waals surface area contributed by atoms with Gasteiger partial charge in [0.2, 0.25) is 0 Å². The third kappa shape index (κ3) is 6.87. The van der Waals surface area contributed by atoms with Gasteiger partial charge in [0.05, 0.1) is 17.9 Å². The van der Waals surface area contributed by atoms with Gasteiger partial charge in [-0.25, -0.2) is 10.2 Å². The number of carbonyl (C=O) groups is 2. The second-order valence-electron chi connectivity index (χ2n) is 6.16. The van der Waals surface area contributed by atoms with E-state index in [1.807, 2.05) is 37.3 Å². The number of esters is 1. The topological polar surface area (TPSA) is 77.0 Å². The molecule has 0 fully saturated rings. The van der Waals surface area contributed by atoms with Crippen molar-refractivity contribution in [3.63, 3.8) is 0 Å². The summed E-state index contributed by atoms with van der Waals surface area (Å²) in [7, 11) is 0. The van der Waals surface area contributed by atoms with Crippen LogP contribution in [0.1, 0.15) is 49.0 Å². The molecule has 1 N–H and O–H groups in total. The maximum atomic E-state index is 12.0. The molecule has 0 heterocycles. The van der Waals surface area contributed by atoms with Crippen molar-refractivity contribution in [3.05, 3.63) is 65.7 Å². The lowest BCUT2D eigenvalue weighted by atomic mass is 10.1. The van der Waals surface area contributed by atoms with Gasteiger partial charge in [-0.2, -0.15) is 5.10 Å². The van der Waals surface area contributed by atoms with Gasteiger partial charge in [0, 0.05) is 0 Å². The predicted octanol–water partition coefficient (Wildman–Crippen LogP) is 3.95. The molecule has 28 heavy (non-hydrogen) atoms. The highest BCUT2D eigenvalue weighted by molar-refractivity contribution is 6.01. The summed E-state index contributed by atoms with van der Waals surface area (Å²) in [5.74, 6) is -0.233. The third-order valence-corrected chi connectivity index (χ3v) is 3.81. The van der Waals surface area contributed by atoms with Crippen molar-refractivity contribution in [2.45, 2.75) is 33.1 Å². The highest BCUT2D eigenvalue weighted by Gasteiger charge is 2.08. The van der Waals surface area contributed by atoms with Crippen LogP contribution in [0.2, 0.25) is 0 Å². The highest BCUT2D eigenvalue weighted by atomic mass is 16.5. The SMILES string of the molecule is CCCOC(=O)c1ccc(OCC(=O)N/N=C(\CCC)c2ccccc2)cc1. The van der Waals surface area contributed by atoms with E-state index in [9.17, 15) is 9.59 Å². The van der Waals surface area contributed by atoms with E-state index in [1.165, 1.54) is 0 Å². The van der Waals surface area contributed by atoms with Crippen molar-refractivity contribution >= 4 is 17.6 Å². The molecule has 0 aliphatic heterocycles. The first-order chi connectivity index (χ1) is 13.6. The zero-order chi connectivity index (χ0) is 20.2. The number of hydrazone groups is 1. The lowest BCUT2D eigenvalue weighted by molar-refractivity contribution is -0.123. The molecule has 0 unspecified atom stereocenters. The lowest BCUT2D eigenvalue weighted by Crippen LogP contribution is -2.26. The summed E-state index contributed by atoms with van der Waals surface area (Å²) in [6, 6.07) is 16.2. The molecule has 0 spiro atoms. The summed E-state index contributed by atoms with van der Waals surface area (Å²) in [5.41, 5.74) is 4.79. The highest BCUT2D eigenvalue weighted by Crippen LogP contribution is 2.13. The molecular weight excluding hydrogens is 356 g/mol. The minimum Gasteiger partial charge on any atom is -0.484 e. The Morgan fingerprint density at radius 2 is 1.64 bits per heavy atom. The molecule has 0 saturated heterocycles. The van der Waals surface area contributed by atoms with Gasteiger partial charge in [-0.15, -0.1) is 0 Å². The van der Waals surface area contributed by atoms with Crippen LogP contribution in [-0.4, -0.2) is 30.8 Å². The number of hydrogen-bond donors (Lipinski definition) is 1. The number of ether oxygens (including phenoxy) is 2. The minimum atomic E-state index is -0.371. The van der Waals surface area contributed by atoms with Gasteiger partial charge in [0.1, 0.15) is 5.75 Å². The Balaban J connectivity index is 1.86. The molecule has 2 aromatic rings. The molecular formula is C22H26N2O4. The number of nitrogens with one attached hydrogen (secondary N) is 1. The van der Waals surface area contributed by atoms with E-state index in [2.05, 4.69) is 17.5 Å². The molecule has 6 heteroatoms. The first-order valence-corrected chi connectivity index (χ1v) is 9.44. The van der Waals surface area contributed by atoms with E-state index < -0.39 is 0 Å². The Morgan fingerprint density at radius 3 is 2.29 bits per heavy atom. The maximum Gasteiger partial charge on any atom is 0.338 e. The zero-order valence-corrected chi connectivity index (χ0v) is 16.3. The van der Waals surface area contributed by atoms with Gasteiger partial charge in [-0.3, -0.25) is 4.79 Å². The molecule has 0 aromatic heterocycles. The molecule has 0 saturated carbocycles. The van der Waals surface area contributed by atoms with Gasteiger partial charge in [0.15, 0.2) is 6.61 Å². The van der Waals surface area contributed by atoms with Gasteiger partial charge in [-0.05, 0) is 42.7 Å². The van der Waals surface area contributed by atoms with Gasteiger partial charge >= 0.3 is 5.97 Å². The van der Waals surface area contributed by atoms with Crippen LogP contribution in [0.15, 0.2) is 59.7 Å². The smallest absolute Gasteiger partial charge is 0.338 e. The molecule has 2 rings (SSSR count). The average Bonchev–Trinajstić information content (AvgIpc) is 2.74. The minimum absolute atomic E-state index is 0.169. The van der Waals surface area contributed by atoms with E-state index in [4.69, 9.17) is 9.47 Å². The van der Waals surface area contributed by atoms with Crippen molar-refractivity contribution in [1.82, 2.24) is 5.43 Å². The van der Waals surface area contributed by atoms with E-state index in [-0.39, 0.29) is 18.5 Å². The van der Waals surface area contributed by atoms with Crippen LogP contribution in [0.3, 0.4) is 0 Å². The monoisotopic (exact) mass is 382 g/mol. The fraction of sp³-hybridized carbons (Fsp3) is 0.318. The van der Waals surface area contributed by atoms with Crippen LogP contribution < -0.4 is 10.2 Å². The molecule has 1 amide bonds. The number of carbonyl (C=O) groups excluding carboxylic acids is 2. The molecule has 2 aromatic carbocycles. The Hall–Kier alpha value is -3.15. The Bertz CT molecular complexity index is 786. The summed E-state index contributed by atoms with van der Waals surface area (Å²) in [6.07, 6.45) is 2.46. The van der Waals surface area contributed by atoms with Crippen LogP contribution in [0.25, 0.3) is 0 Å². The van der Waals surface area contributed by atoms with Gasteiger partial charge in [0.25, 0.3) is 5.91 Å². The maximum absolute atomic E-state index is 12.0. The predicted molar refractivity (Wildman–Crippen MR) is 109 cm³/mol. The Morgan fingerprint density at radius 1 is 0.929 bits per heavy atom. The summed E-state index contributed by atoms with van der Waals surface area (Å²) in [4.78, 5) is 23.8. The van der Waals surface area contributed by atoms with E-state index in [0.717, 1.165) is 30.5 Å². The number of rotatable bonds is 10. The number of hydrogen-bond acceptors (Lipinski definition) is 5. The summed E-state index contributed by atoms with van der Waals surface area (Å²) in [6.45, 7) is 4.22. The number of amides is 1. The summed E-state index contributed by atoms with van der Waals surface area (Å²) < 4.78 is 10.5. The zero-order valence-electron chi connectivity index (χ0n) is 16.3.